The van der Waals surface area contributed by atoms with Gasteiger partial charge in [-0.25, -0.2) is 14.3 Å². The lowest BCUT2D eigenvalue weighted by atomic mass is 10.3. The molecule has 0 radical (unpaired) electrons. The summed E-state index contributed by atoms with van der Waals surface area (Å²) in [6, 6.07) is 1.79. The Morgan fingerprint density at radius 1 is 1.53 bits per heavy atom. The van der Waals surface area contributed by atoms with E-state index in [9.17, 15) is 4.79 Å². The van der Waals surface area contributed by atoms with Gasteiger partial charge in [-0.05, 0) is 35.8 Å². The number of hydrogen-bond acceptors (Lipinski definition) is 3. The van der Waals surface area contributed by atoms with Crippen molar-refractivity contribution >= 4 is 27.4 Å². The minimum atomic E-state index is -1.08. The predicted molar refractivity (Wildman–Crippen MR) is 57.1 cm³/mol. The fourth-order valence-corrected chi connectivity index (χ4v) is 1.76. The van der Waals surface area contributed by atoms with Gasteiger partial charge in [-0.15, -0.1) is 0 Å². The first kappa shape index (κ1) is 10.1. The molecule has 0 aliphatic heterocycles. The first-order valence-corrected chi connectivity index (χ1v) is 5.06. The number of nitrogens with zero attached hydrogens (tertiary/aromatic N) is 3. The molecule has 0 fully saturated rings. The lowest BCUT2D eigenvalue weighted by Gasteiger charge is -2.00. The second-order valence-corrected chi connectivity index (χ2v) is 4.02. The summed E-state index contributed by atoms with van der Waals surface area (Å²) in [5.74, 6) is -1.16. The average molecular weight is 270 g/mol. The molecule has 0 aliphatic rings. The predicted octanol–water partition coefficient (Wildman–Crippen LogP) is 1.81. The molecule has 15 heavy (non-hydrogen) atoms. The van der Waals surface area contributed by atoms with Crippen molar-refractivity contribution in [3.63, 3.8) is 0 Å². The summed E-state index contributed by atoms with van der Waals surface area (Å²) < 4.78 is 2.13. The van der Waals surface area contributed by atoms with Gasteiger partial charge in [-0.1, -0.05) is 0 Å². The highest BCUT2D eigenvalue weighted by molar-refractivity contribution is 9.10. The zero-order chi connectivity index (χ0) is 11.2. The number of rotatable bonds is 1. The van der Waals surface area contributed by atoms with Crippen LogP contribution in [0.25, 0.3) is 5.52 Å². The van der Waals surface area contributed by atoms with E-state index in [0.29, 0.717) is 5.69 Å². The molecule has 0 bridgehead atoms. The molecule has 0 amide bonds. The topological polar surface area (TPSA) is 67.5 Å². The maximum atomic E-state index is 10.9. The van der Waals surface area contributed by atoms with Crippen molar-refractivity contribution in [1.29, 1.82) is 0 Å². The zero-order valence-corrected chi connectivity index (χ0v) is 9.74. The van der Waals surface area contributed by atoms with Crippen molar-refractivity contribution < 1.29 is 9.90 Å². The Balaban J connectivity index is 2.92. The minimum Gasteiger partial charge on any atom is -0.475 e. The number of carbonyl (C=O) groups is 1. The van der Waals surface area contributed by atoms with Gasteiger partial charge >= 0.3 is 5.97 Å². The van der Waals surface area contributed by atoms with E-state index in [1.165, 1.54) is 4.52 Å². The molecule has 2 aromatic rings. The first-order chi connectivity index (χ1) is 7.00. The van der Waals surface area contributed by atoms with E-state index in [0.717, 1.165) is 15.7 Å². The second-order valence-electron chi connectivity index (χ2n) is 3.22. The highest BCUT2D eigenvalue weighted by Gasteiger charge is 2.16. The molecule has 2 aromatic heterocycles. The fraction of sp³-hybridized carbons (Fsp3) is 0.222. The van der Waals surface area contributed by atoms with E-state index < -0.39 is 5.97 Å². The Labute approximate surface area is 93.9 Å². The number of halogens is 1. The van der Waals surface area contributed by atoms with Crippen molar-refractivity contribution in [2.45, 2.75) is 13.8 Å². The van der Waals surface area contributed by atoms with Crippen LogP contribution in [0.3, 0.4) is 0 Å². The van der Waals surface area contributed by atoms with E-state index in [1.54, 1.807) is 19.9 Å². The third kappa shape index (κ3) is 1.50. The lowest BCUT2D eigenvalue weighted by molar-refractivity contribution is 0.0679. The molecule has 78 valence electrons. The van der Waals surface area contributed by atoms with Crippen LogP contribution < -0.4 is 0 Å². The Morgan fingerprint density at radius 3 is 2.80 bits per heavy atom. The van der Waals surface area contributed by atoms with Crippen molar-refractivity contribution in [1.82, 2.24) is 14.6 Å². The van der Waals surface area contributed by atoms with Gasteiger partial charge in [0.25, 0.3) is 0 Å². The van der Waals surface area contributed by atoms with Crippen molar-refractivity contribution in [3.05, 3.63) is 27.8 Å². The van der Waals surface area contributed by atoms with Crippen molar-refractivity contribution in [2.75, 3.05) is 0 Å². The van der Waals surface area contributed by atoms with Crippen LogP contribution in [0.5, 0.6) is 0 Å². The lowest BCUT2D eigenvalue weighted by Crippen LogP contribution is -2.10. The third-order valence-electron chi connectivity index (χ3n) is 2.04. The summed E-state index contributed by atoms with van der Waals surface area (Å²) in [7, 11) is 0. The summed E-state index contributed by atoms with van der Waals surface area (Å²) >= 11 is 3.36. The van der Waals surface area contributed by atoms with E-state index in [1.807, 2.05) is 0 Å². The van der Waals surface area contributed by atoms with Crippen LogP contribution >= 0.6 is 15.9 Å². The monoisotopic (exact) mass is 269 g/mol. The summed E-state index contributed by atoms with van der Waals surface area (Å²) in [4.78, 5) is 14.9. The van der Waals surface area contributed by atoms with Gasteiger partial charge in [0.15, 0.2) is 0 Å². The van der Waals surface area contributed by atoms with Gasteiger partial charge in [-0.3, -0.25) is 0 Å². The molecule has 0 atom stereocenters. The summed E-state index contributed by atoms with van der Waals surface area (Å²) in [5.41, 5.74) is 2.11. The molecule has 0 spiro atoms. The average Bonchev–Trinajstić information content (AvgIpc) is 2.43. The van der Waals surface area contributed by atoms with Crippen LogP contribution in [0.4, 0.5) is 0 Å². The number of carboxylic acids is 1. The molecular formula is C9H8BrN3O2. The van der Waals surface area contributed by atoms with Gasteiger partial charge < -0.3 is 5.11 Å². The number of aryl methyl sites for hydroxylation is 2. The Kier molecular flexibility index (Phi) is 2.22. The minimum absolute atomic E-state index is 0.0706. The molecular weight excluding hydrogens is 262 g/mol. The number of hydrogen-bond donors (Lipinski definition) is 1. The van der Waals surface area contributed by atoms with Crippen molar-refractivity contribution in [2.24, 2.45) is 0 Å². The Bertz CT molecular complexity index is 562. The normalized spacial score (nSPS) is 10.9. The first-order valence-electron chi connectivity index (χ1n) is 4.26. The third-order valence-corrected chi connectivity index (χ3v) is 3.02. The molecule has 1 N–H and O–H groups in total. The SMILES string of the molecule is Cc1cc2c(Br)c(C)nn2c(C(=O)O)n1. The molecule has 0 saturated carbocycles. The fourth-order valence-electron chi connectivity index (χ4n) is 1.40. The molecule has 5 nitrogen and oxygen atoms in total. The molecule has 6 heteroatoms. The van der Waals surface area contributed by atoms with Crippen LogP contribution in [0.1, 0.15) is 22.0 Å². The molecule has 0 aliphatic carbocycles. The Hall–Kier alpha value is -1.43. The van der Waals surface area contributed by atoms with Crippen molar-refractivity contribution in [3.8, 4) is 0 Å². The van der Waals surface area contributed by atoms with Crippen LogP contribution in [0.15, 0.2) is 10.5 Å². The number of aromatic carboxylic acids is 1. The van der Waals surface area contributed by atoms with Gasteiger partial charge in [0.1, 0.15) is 0 Å². The second kappa shape index (κ2) is 3.30. The number of aromatic nitrogens is 3. The number of fused-ring (bicyclic) bond motifs is 1. The maximum absolute atomic E-state index is 10.9. The molecule has 2 rings (SSSR count). The van der Waals surface area contributed by atoms with Gasteiger partial charge in [0, 0.05) is 5.69 Å². The maximum Gasteiger partial charge on any atom is 0.374 e. The molecule has 0 saturated heterocycles. The standard InChI is InChI=1S/C9H8BrN3O2/c1-4-3-6-7(10)5(2)12-13(6)8(11-4)9(14)15/h3H,1-2H3,(H,14,15). The van der Waals surface area contributed by atoms with Gasteiger partial charge in [-0.2, -0.15) is 5.10 Å². The Morgan fingerprint density at radius 2 is 2.20 bits per heavy atom. The zero-order valence-electron chi connectivity index (χ0n) is 8.15. The van der Waals surface area contributed by atoms with Gasteiger partial charge in [0.05, 0.1) is 15.7 Å². The van der Waals surface area contributed by atoms with Gasteiger partial charge in [0.2, 0.25) is 5.82 Å². The summed E-state index contributed by atoms with van der Waals surface area (Å²) in [6.45, 7) is 3.55. The van der Waals surface area contributed by atoms with Crippen LogP contribution in [0.2, 0.25) is 0 Å². The van der Waals surface area contributed by atoms with Crippen LogP contribution in [-0.4, -0.2) is 25.7 Å². The quantitative estimate of drug-likeness (QED) is 0.858. The smallest absolute Gasteiger partial charge is 0.374 e. The van der Waals surface area contributed by atoms with E-state index in [4.69, 9.17) is 5.11 Å². The number of carboxylic acid groups (broad SMARTS) is 1. The van der Waals surface area contributed by atoms with E-state index in [2.05, 4.69) is 26.0 Å². The van der Waals surface area contributed by atoms with Crippen LogP contribution in [-0.2, 0) is 0 Å². The molecule has 0 aromatic carbocycles. The highest BCUT2D eigenvalue weighted by atomic mass is 79.9. The molecule has 2 heterocycles. The molecule has 0 unspecified atom stereocenters. The summed E-state index contributed by atoms with van der Waals surface area (Å²) in [5, 5.41) is 13.1. The van der Waals surface area contributed by atoms with Crippen LogP contribution in [0, 0.1) is 13.8 Å². The summed E-state index contributed by atoms with van der Waals surface area (Å²) in [6.07, 6.45) is 0. The van der Waals surface area contributed by atoms with E-state index in [-0.39, 0.29) is 5.82 Å². The highest BCUT2D eigenvalue weighted by Crippen LogP contribution is 2.22. The van der Waals surface area contributed by atoms with E-state index >= 15 is 0 Å². The largest absolute Gasteiger partial charge is 0.475 e.